The number of amides is 1. The van der Waals surface area contributed by atoms with Crippen molar-refractivity contribution in [3.8, 4) is 0 Å². The van der Waals surface area contributed by atoms with Crippen LogP contribution in [-0.2, 0) is 19.0 Å². The van der Waals surface area contributed by atoms with Crippen LogP contribution in [0.3, 0.4) is 0 Å². The highest BCUT2D eigenvalue weighted by Crippen LogP contribution is 2.13. The molecule has 0 aliphatic carbocycles. The molecule has 0 aliphatic rings. The Balaban J connectivity index is 1.94. The Bertz CT molecular complexity index is 677. The summed E-state index contributed by atoms with van der Waals surface area (Å²) in [5.74, 6) is -0.199. The van der Waals surface area contributed by atoms with Crippen LogP contribution in [0.1, 0.15) is 48.2 Å². The van der Waals surface area contributed by atoms with Crippen molar-refractivity contribution >= 4 is 5.91 Å². The third kappa shape index (κ3) is 3.35. The first kappa shape index (κ1) is 16.2. The molecule has 0 bridgehead atoms. The average Bonchev–Trinajstić information content (AvgIpc) is 2.99. The average molecular weight is 304 g/mol. The number of carbonyl (C=O) groups is 1. The minimum atomic E-state index is -0.199. The highest BCUT2D eigenvalue weighted by Gasteiger charge is 2.18. The molecular weight excluding hydrogens is 280 g/mol. The van der Waals surface area contributed by atoms with Gasteiger partial charge in [0.25, 0.3) is 5.91 Å². The molecule has 7 nitrogen and oxygen atoms in total. The van der Waals surface area contributed by atoms with E-state index in [1.807, 2.05) is 46.3 Å². The zero-order valence-corrected chi connectivity index (χ0v) is 14.1. The Hall–Kier alpha value is -2.18. The fraction of sp³-hybridized carbons (Fsp3) is 0.600. The van der Waals surface area contributed by atoms with E-state index in [1.165, 1.54) is 5.56 Å². The van der Waals surface area contributed by atoms with Crippen LogP contribution in [-0.4, -0.2) is 37.2 Å². The first-order valence-electron chi connectivity index (χ1n) is 7.40. The monoisotopic (exact) mass is 304 g/mol. The Morgan fingerprint density at radius 3 is 2.50 bits per heavy atom. The first-order valence-corrected chi connectivity index (χ1v) is 7.40. The molecule has 2 heterocycles. The first-order chi connectivity index (χ1) is 10.2. The summed E-state index contributed by atoms with van der Waals surface area (Å²) in [6, 6.07) is 0. The highest BCUT2D eigenvalue weighted by atomic mass is 16.2. The van der Waals surface area contributed by atoms with Crippen molar-refractivity contribution < 1.29 is 4.79 Å². The predicted octanol–water partition coefficient (Wildman–Crippen LogP) is 1.36. The number of rotatable bonds is 4. The van der Waals surface area contributed by atoms with Gasteiger partial charge in [-0.25, -0.2) is 4.68 Å². The summed E-state index contributed by atoms with van der Waals surface area (Å²) in [7, 11) is 1.93. The molecule has 120 valence electrons. The largest absolute Gasteiger partial charge is 0.350 e. The molecule has 2 aromatic rings. The van der Waals surface area contributed by atoms with E-state index in [9.17, 15) is 4.79 Å². The summed E-state index contributed by atoms with van der Waals surface area (Å²) in [5.41, 5.74) is 3.48. The van der Waals surface area contributed by atoms with Gasteiger partial charge in [0.1, 0.15) is 0 Å². The zero-order chi connectivity index (χ0) is 16.5. The molecular formula is C15H24N6O. The molecule has 0 atom stereocenters. The van der Waals surface area contributed by atoms with Crippen LogP contribution in [0.25, 0.3) is 0 Å². The normalized spacial score (nSPS) is 11.7. The maximum Gasteiger partial charge on any atom is 0.273 e. The lowest BCUT2D eigenvalue weighted by Gasteiger charge is -2.17. The Morgan fingerprint density at radius 1 is 1.32 bits per heavy atom. The SMILES string of the molecule is Cc1nn(C)c(C)c1CCNC(=O)c1cn(C(C)(C)C)nn1. The number of carbonyl (C=O) groups excluding carboxylic acids is 1. The molecule has 0 radical (unpaired) electrons. The van der Waals surface area contributed by atoms with Crippen LogP contribution < -0.4 is 5.32 Å². The Labute approximate surface area is 130 Å². The topological polar surface area (TPSA) is 77.6 Å². The van der Waals surface area contributed by atoms with Gasteiger partial charge < -0.3 is 5.32 Å². The third-order valence-electron chi connectivity index (χ3n) is 3.73. The summed E-state index contributed by atoms with van der Waals surface area (Å²) in [5, 5.41) is 15.2. The van der Waals surface area contributed by atoms with Crippen LogP contribution in [0.4, 0.5) is 0 Å². The van der Waals surface area contributed by atoms with Crippen molar-refractivity contribution in [2.75, 3.05) is 6.54 Å². The van der Waals surface area contributed by atoms with Gasteiger partial charge in [0.2, 0.25) is 0 Å². The quantitative estimate of drug-likeness (QED) is 0.925. The van der Waals surface area contributed by atoms with Crippen LogP contribution in [0.2, 0.25) is 0 Å². The smallest absolute Gasteiger partial charge is 0.273 e. The van der Waals surface area contributed by atoms with E-state index < -0.39 is 0 Å². The van der Waals surface area contributed by atoms with Gasteiger partial charge in [0.15, 0.2) is 5.69 Å². The summed E-state index contributed by atoms with van der Waals surface area (Å²) in [4.78, 5) is 12.1. The lowest BCUT2D eigenvalue weighted by Crippen LogP contribution is -2.26. The van der Waals surface area contributed by atoms with Gasteiger partial charge in [0.05, 0.1) is 17.4 Å². The van der Waals surface area contributed by atoms with Gasteiger partial charge in [-0.1, -0.05) is 5.21 Å². The van der Waals surface area contributed by atoms with Crippen molar-refractivity contribution in [3.05, 3.63) is 28.8 Å². The standard InChI is InChI=1S/C15H24N6O/c1-10-12(11(2)20(6)18-10)7-8-16-14(22)13-9-21(19-17-13)15(3,4)5/h9H,7-8H2,1-6H3,(H,16,22). The highest BCUT2D eigenvalue weighted by molar-refractivity contribution is 5.91. The summed E-state index contributed by atoms with van der Waals surface area (Å²) in [6.07, 6.45) is 2.43. The van der Waals surface area contributed by atoms with Gasteiger partial charge in [0, 0.05) is 19.3 Å². The van der Waals surface area contributed by atoms with E-state index in [2.05, 4.69) is 20.7 Å². The number of hydrogen-bond donors (Lipinski definition) is 1. The minimum Gasteiger partial charge on any atom is -0.350 e. The molecule has 1 N–H and O–H groups in total. The Kier molecular flexibility index (Phi) is 4.35. The molecule has 0 unspecified atom stereocenters. The van der Waals surface area contributed by atoms with Crippen LogP contribution in [0, 0.1) is 13.8 Å². The molecule has 0 aliphatic heterocycles. The fourth-order valence-corrected chi connectivity index (χ4v) is 2.27. The lowest BCUT2D eigenvalue weighted by molar-refractivity contribution is 0.0949. The molecule has 0 aromatic carbocycles. The Morgan fingerprint density at radius 2 is 2.00 bits per heavy atom. The maximum absolute atomic E-state index is 12.1. The molecule has 0 fully saturated rings. The van der Waals surface area contributed by atoms with Gasteiger partial charge in [-0.15, -0.1) is 5.10 Å². The summed E-state index contributed by atoms with van der Waals surface area (Å²) < 4.78 is 3.55. The number of nitrogens with zero attached hydrogens (tertiary/aromatic N) is 5. The molecule has 0 saturated carbocycles. The van der Waals surface area contributed by atoms with Crippen molar-refractivity contribution in [3.63, 3.8) is 0 Å². The second-order valence-electron chi connectivity index (χ2n) is 6.50. The van der Waals surface area contributed by atoms with Crippen molar-refractivity contribution in [2.45, 2.75) is 46.6 Å². The third-order valence-corrected chi connectivity index (χ3v) is 3.73. The van der Waals surface area contributed by atoms with E-state index >= 15 is 0 Å². The number of aromatic nitrogens is 5. The van der Waals surface area contributed by atoms with Crippen LogP contribution in [0.15, 0.2) is 6.20 Å². The van der Waals surface area contributed by atoms with Crippen molar-refractivity contribution in [1.82, 2.24) is 30.1 Å². The van der Waals surface area contributed by atoms with Crippen LogP contribution >= 0.6 is 0 Å². The molecule has 7 heteroatoms. The second kappa shape index (κ2) is 5.90. The summed E-state index contributed by atoms with van der Waals surface area (Å²) in [6.45, 7) is 10.6. The van der Waals surface area contributed by atoms with Gasteiger partial charge in [-0.2, -0.15) is 5.10 Å². The van der Waals surface area contributed by atoms with E-state index in [0.717, 1.165) is 17.8 Å². The number of nitrogens with one attached hydrogen (secondary N) is 1. The maximum atomic E-state index is 12.1. The van der Waals surface area contributed by atoms with Gasteiger partial charge in [-0.3, -0.25) is 9.48 Å². The van der Waals surface area contributed by atoms with Crippen molar-refractivity contribution in [1.29, 1.82) is 0 Å². The number of hydrogen-bond acceptors (Lipinski definition) is 4. The second-order valence-corrected chi connectivity index (χ2v) is 6.50. The molecule has 1 amide bonds. The lowest BCUT2D eigenvalue weighted by atomic mass is 10.1. The molecule has 0 saturated heterocycles. The minimum absolute atomic E-state index is 0.185. The van der Waals surface area contributed by atoms with Gasteiger partial charge >= 0.3 is 0 Å². The van der Waals surface area contributed by atoms with Crippen molar-refractivity contribution in [2.24, 2.45) is 7.05 Å². The summed E-state index contributed by atoms with van der Waals surface area (Å²) >= 11 is 0. The fourth-order valence-electron chi connectivity index (χ4n) is 2.27. The van der Waals surface area contributed by atoms with Crippen LogP contribution in [0.5, 0.6) is 0 Å². The number of aryl methyl sites for hydroxylation is 2. The van der Waals surface area contributed by atoms with Gasteiger partial charge in [-0.05, 0) is 46.6 Å². The van der Waals surface area contributed by atoms with E-state index in [1.54, 1.807) is 10.9 Å². The zero-order valence-electron chi connectivity index (χ0n) is 14.1. The molecule has 0 spiro atoms. The van der Waals surface area contributed by atoms with E-state index in [0.29, 0.717) is 12.2 Å². The molecule has 2 rings (SSSR count). The van der Waals surface area contributed by atoms with E-state index in [-0.39, 0.29) is 11.4 Å². The molecule has 2 aromatic heterocycles. The molecule has 22 heavy (non-hydrogen) atoms. The predicted molar refractivity (Wildman–Crippen MR) is 83.7 cm³/mol. The van der Waals surface area contributed by atoms with E-state index in [4.69, 9.17) is 0 Å².